The average molecular weight is 166 g/mol. The van der Waals surface area contributed by atoms with Crippen LogP contribution in [0, 0.1) is 0 Å². The van der Waals surface area contributed by atoms with E-state index in [1.54, 1.807) is 33.8 Å². The van der Waals surface area contributed by atoms with Crippen LogP contribution in [0.25, 0.3) is 0 Å². The normalized spacial score (nSPS) is 27.2. The van der Waals surface area contributed by atoms with E-state index in [0.29, 0.717) is 4.71 Å². The highest BCUT2D eigenvalue weighted by atomic mass is 32.2. The van der Waals surface area contributed by atoms with Crippen molar-refractivity contribution < 1.29 is 0 Å². The van der Waals surface area contributed by atoms with Crippen LogP contribution in [0.3, 0.4) is 0 Å². The van der Waals surface area contributed by atoms with Crippen molar-refractivity contribution in [2.24, 2.45) is 4.99 Å². The predicted molar refractivity (Wildman–Crippen MR) is 44.2 cm³/mol. The maximum absolute atomic E-state index is 4.09. The van der Waals surface area contributed by atoms with Crippen molar-refractivity contribution in [2.75, 3.05) is 6.26 Å². The maximum Gasteiger partial charge on any atom is 0.162 e. The first-order valence-corrected chi connectivity index (χ1v) is 4.56. The van der Waals surface area contributed by atoms with E-state index in [-0.39, 0.29) is 0 Å². The van der Waals surface area contributed by atoms with E-state index < -0.39 is 0 Å². The third-order valence-corrected chi connectivity index (χ3v) is 3.05. The summed E-state index contributed by atoms with van der Waals surface area (Å²) in [5, 5.41) is 0. The van der Waals surface area contributed by atoms with E-state index in [1.165, 1.54) is 0 Å². The van der Waals surface area contributed by atoms with Crippen LogP contribution in [0.1, 0.15) is 0 Å². The number of thiol groups is 1. The fraction of sp³-hybridized carbons (Fsp3) is 0.667. The van der Waals surface area contributed by atoms with Gasteiger partial charge in [0.15, 0.2) is 4.71 Å². The summed E-state index contributed by atoms with van der Waals surface area (Å²) in [4.78, 5) is 4.09. The van der Waals surface area contributed by atoms with Gasteiger partial charge in [0.2, 0.25) is 0 Å². The lowest BCUT2D eigenvalue weighted by atomic mass is 11.3. The van der Waals surface area contributed by atoms with Gasteiger partial charge in [0.05, 0.1) is 0 Å². The van der Waals surface area contributed by atoms with Crippen molar-refractivity contribution in [2.45, 2.75) is 4.71 Å². The largest absolute Gasteiger partial charge is 0.248 e. The van der Waals surface area contributed by atoms with Gasteiger partial charge in [-0.1, -0.05) is 12.8 Å². The molecule has 2 nitrogen and oxygen atoms in total. The molecule has 5 heteroatoms. The van der Waals surface area contributed by atoms with Crippen LogP contribution in [0.15, 0.2) is 4.99 Å². The second-order valence-corrected chi connectivity index (χ2v) is 4.18. The van der Waals surface area contributed by atoms with Crippen molar-refractivity contribution in [1.82, 2.24) is 3.71 Å². The van der Waals surface area contributed by atoms with Crippen LogP contribution >= 0.6 is 36.5 Å². The molecule has 0 saturated carbocycles. The molecule has 0 aromatic rings. The number of hydrogen-bond acceptors (Lipinski definition) is 5. The number of thioether (sulfide) groups is 1. The second kappa shape index (κ2) is 2.89. The Balaban J connectivity index is 2.34. The topological polar surface area (TPSA) is 15.6 Å². The molecule has 8 heavy (non-hydrogen) atoms. The van der Waals surface area contributed by atoms with Crippen LogP contribution in [-0.4, -0.2) is 21.0 Å². The number of hydrogen-bond donors (Lipinski definition) is 1. The smallest absolute Gasteiger partial charge is 0.162 e. The highest BCUT2D eigenvalue weighted by Crippen LogP contribution is 2.30. The van der Waals surface area contributed by atoms with Crippen LogP contribution in [0.2, 0.25) is 0 Å². The lowest BCUT2D eigenvalue weighted by Gasteiger charge is -2.02. The van der Waals surface area contributed by atoms with Crippen molar-refractivity contribution in [3.05, 3.63) is 0 Å². The quantitative estimate of drug-likeness (QED) is 0.469. The van der Waals surface area contributed by atoms with Gasteiger partial charge in [-0.15, -0.1) is 11.8 Å². The summed E-state index contributed by atoms with van der Waals surface area (Å²) < 4.78 is 2.04. The van der Waals surface area contributed by atoms with Crippen molar-refractivity contribution in [3.8, 4) is 0 Å². The molecule has 1 aliphatic rings. The van der Waals surface area contributed by atoms with E-state index in [0.717, 1.165) is 0 Å². The number of rotatable bonds is 1. The standard InChI is InChI=1S/C3H6N2S3/c1-7-3-4-2-5(6)8-3/h2-3,6H,1H3. The first-order valence-electron chi connectivity index (χ1n) is 2.04. The molecule has 0 spiro atoms. The minimum atomic E-state index is 0.326. The molecular weight excluding hydrogens is 160 g/mol. The third-order valence-electron chi connectivity index (χ3n) is 0.687. The van der Waals surface area contributed by atoms with Gasteiger partial charge in [-0.2, -0.15) is 0 Å². The summed E-state index contributed by atoms with van der Waals surface area (Å²) in [6, 6.07) is 0. The van der Waals surface area contributed by atoms with E-state index in [2.05, 4.69) is 17.8 Å². The van der Waals surface area contributed by atoms with Crippen LogP contribution in [0.4, 0.5) is 0 Å². The van der Waals surface area contributed by atoms with Gasteiger partial charge in [-0.3, -0.25) is 0 Å². The fourth-order valence-corrected chi connectivity index (χ4v) is 2.08. The summed E-state index contributed by atoms with van der Waals surface area (Å²) in [5.41, 5.74) is 0. The molecule has 0 N–H and O–H groups in total. The fourth-order valence-electron chi connectivity index (χ4n) is 0.362. The molecule has 0 bridgehead atoms. The predicted octanol–water partition coefficient (Wildman–Crippen LogP) is 1.47. The molecule has 0 aromatic heterocycles. The Morgan fingerprint density at radius 2 is 2.75 bits per heavy atom. The van der Waals surface area contributed by atoms with Crippen molar-refractivity contribution >= 4 is 42.9 Å². The van der Waals surface area contributed by atoms with E-state index in [9.17, 15) is 0 Å². The van der Waals surface area contributed by atoms with Crippen molar-refractivity contribution in [3.63, 3.8) is 0 Å². The zero-order valence-electron chi connectivity index (χ0n) is 4.31. The highest BCUT2D eigenvalue weighted by Gasteiger charge is 2.13. The van der Waals surface area contributed by atoms with Crippen LogP contribution in [0.5, 0.6) is 0 Å². The summed E-state index contributed by atoms with van der Waals surface area (Å²) >= 11 is 7.35. The molecular formula is C3H6N2S3. The van der Waals surface area contributed by atoms with Crippen LogP contribution in [-0.2, 0) is 0 Å². The Kier molecular flexibility index (Phi) is 2.40. The maximum atomic E-state index is 4.09. The summed E-state index contributed by atoms with van der Waals surface area (Å²) in [6.45, 7) is 0. The molecule has 1 atom stereocenters. The van der Waals surface area contributed by atoms with E-state index in [1.807, 2.05) is 6.26 Å². The average Bonchev–Trinajstić information content (AvgIpc) is 2.14. The van der Waals surface area contributed by atoms with Gasteiger partial charge in [0.1, 0.15) is 6.34 Å². The Hall–Kier alpha value is 0.520. The molecule has 1 rings (SSSR count). The minimum Gasteiger partial charge on any atom is -0.248 e. The Bertz CT molecular complexity index is 105. The molecule has 1 aliphatic heterocycles. The third kappa shape index (κ3) is 1.50. The second-order valence-electron chi connectivity index (χ2n) is 1.22. The van der Waals surface area contributed by atoms with Gasteiger partial charge in [0.25, 0.3) is 0 Å². The number of nitrogens with zero attached hydrogens (tertiary/aromatic N) is 2. The molecule has 0 saturated heterocycles. The van der Waals surface area contributed by atoms with Gasteiger partial charge < -0.3 is 0 Å². The molecule has 0 amide bonds. The Morgan fingerprint density at radius 3 is 3.00 bits per heavy atom. The van der Waals surface area contributed by atoms with Crippen LogP contribution < -0.4 is 0 Å². The van der Waals surface area contributed by atoms with E-state index in [4.69, 9.17) is 0 Å². The SMILES string of the molecule is CSC1N=CN(S)S1. The molecule has 1 unspecified atom stereocenters. The molecule has 0 aromatic carbocycles. The lowest BCUT2D eigenvalue weighted by Crippen LogP contribution is -1.91. The Labute approximate surface area is 62.8 Å². The minimum absolute atomic E-state index is 0.326. The van der Waals surface area contributed by atoms with Gasteiger partial charge in [-0.25, -0.2) is 8.70 Å². The zero-order valence-corrected chi connectivity index (χ0v) is 6.84. The highest BCUT2D eigenvalue weighted by molar-refractivity contribution is 8.19. The van der Waals surface area contributed by atoms with Gasteiger partial charge in [-0.05, 0) is 6.26 Å². The Morgan fingerprint density at radius 1 is 2.00 bits per heavy atom. The molecule has 0 aliphatic carbocycles. The monoisotopic (exact) mass is 166 g/mol. The lowest BCUT2D eigenvalue weighted by molar-refractivity contribution is 1.23. The molecule has 0 fully saturated rings. The molecule has 1 heterocycles. The zero-order chi connectivity index (χ0) is 5.98. The van der Waals surface area contributed by atoms with Gasteiger partial charge >= 0.3 is 0 Å². The van der Waals surface area contributed by atoms with Gasteiger partial charge in [0, 0.05) is 11.9 Å². The summed E-state index contributed by atoms with van der Waals surface area (Å²) in [6.07, 6.45) is 3.75. The van der Waals surface area contributed by atoms with Crippen molar-refractivity contribution in [1.29, 1.82) is 0 Å². The summed E-state index contributed by atoms with van der Waals surface area (Å²) in [5.74, 6) is 0. The first-order chi connectivity index (χ1) is 3.83. The van der Waals surface area contributed by atoms with E-state index >= 15 is 0 Å². The number of aliphatic imine (C=N–C) groups is 1. The first kappa shape index (κ1) is 6.64. The molecule has 46 valence electrons. The molecule has 0 radical (unpaired) electrons. The summed E-state index contributed by atoms with van der Waals surface area (Å²) in [7, 11) is 0.